The zero-order chi connectivity index (χ0) is 18.7. The van der Waals surface area contributed by atoms with E-state index < -0.39 is 15.6 Å². The van der Waals surface area contributed by atoms with Crippen LogP contribution in [0.3, 0.4) is 0 Å². The third-order valence-electron chi connectivity index (χ3n) is 3.20. The Morgan fingerprint density at radius 2 is 2.00 bits per heavy atom. The first-order valence-electron chi connectivity index (χ1n) is 7.98. The van der Waals surface area contributed by atoms with Crippen LogP contribution >= 0.6 is 0 Å². The van der Waals surface area contributed by atoms with E-state index in [-0.39, 0.29) is 17.2 Å². The molecule has 2 rings (SSSR count). The van der Waals surface area contributed by atoms with Gasteiger partial charge in [0.25, 0.3) is 0 Å². The van der Waals surface area contributed by atoms with Gasteiger partial charge in [0.2, 0.25) is 15.9 Å². The summed E-state index contributed by atoms with van der Waals surface area (Å²) in [5.74, 6) is -0.202. The molecule has 7 nitrogen and oxygen atoms in total. The third-order valence-corrected chi connectivity index (χ3v) is 4.95. The number of hydrogen-bond donors (Lipinski definition) is 2. The van der Waals surface area contributed by atoms with E-state index in [0.29, 0.717) is 12.2 Å². The van der Waals surface area contributed by atoms with Crippen LogP contribution in [0.2, 0.25) is 0 Å². The second-order valence-corrected chi connectivity index (χ2v) is 8.64. The highest BCUT2D eigenvalue weighted by atomic mass is 32.2. The predicted octanol–water partition coefficient (Wildman–Crippen LogP) is 2.30. The molecule has 136 valence electrons. The van der Waals surface area contributed by atoms with E-state index in [1.54, 1.807) is 43.8 Å². The maximum absolute atomic E-state index is 12.4. The van der Waals surface area contributed by atoms with E-state index in [2.05, 4.69) is 15.1 Å². The molecular weight excluding hydrogens is 340 g/mol. The number of aryl methyl sites for hydroxylation is 2. The molecule has 0 atom stereocenters. The van der Waals surface area contributed by atoms with Crippen molar-refractivity contribution in [3.8, 4) is 0 Å². The number of aromatic nitrogens is 2. The molecular formula is C17H24N4O3S. The summed E-state index contributed by atoms with van der Waals surface area (Å²) >= 11 is 0. The van der Waals surface area contributed by atoms with E-state index in [1.807, 2.05) is 13.1 Å². The summed E-state index contributed by atoms with van der Waals surface area (Å²) < 4.78 is 29.0. The minimum absolute atomic E-state index is 0.114. The number of carbonyl (C=O) groups excluding carboxylic acids is 1. The van der Waals surface area contributed by atoms with Crippen molar-refractivity contribution in [1.82, 2.24) is 14.5 Å². The maximum Gasteiger partial charge on any atom is 0.241 e. The van der Waals surface area contributed by atoms with Crippen LogP contribution in [0.4, 0.5) is 5.69 Å². The summed E-state index contributed by atoms with van der Waals surface area (Å²) in [6, 6.07) is 6.20. The van der Waals surface area contributed by atoms with Crippen LogP contribution in [0, 0.1) is 6.92 Å². The topological polar surface area (TPSA) is 93.1 Å². The molecule has 25 heavy (non-hydrogen) atoms. The molecule has 1 amide bonds. The minimum Gasteiger partial charge on any atom is -0.326 e. The Bertz CT molecular complexity index is 851. The van der Waals surface area contributed by atoms with Crippen LogP contribution in [-0.2, 0) is 21.4 Å². The zero-order valence-corrected chi connectivity index (χ0v) is 15.7. The second-order valence-electron chi connectivity index (χ2n) is 6.96. The normalized spacial score (nSPS) is 12.2. The lowest BCUT2D eigenvalue weighted by Crippen LogP contribution is -2.40. The summed E-state index contributed by atoms with van der Waals surface area (Å²) in [5.41, 5.74) is 0.892. The van der Waals surface area contributed by atoms with Crippen molar-refractivity contribution >= 4 is 21.6 Å². The van der Waals surface area contributed by atoms with Gasteiger partial charge >= 0.3 is 0 Å². The molecule has 0 unspecified atom stereocenters. The first kappa shape index (κ1) is 19.1. The summed E-state index contributed by atoms with van der Waals surface area (Å²) in [7, 11) is -3.64. The standard InChI is InChI=1S/C17H24N4O3S/c1-13-11-18-21(12-13)9-8-16(22)19-14-6-5-7-15(10-14)25(23,24)20-17(2,3)4/h5-7,10-12,20H,8-9H2,1-4H3,(H,19,22). The lowest BCUT2D eigenvalue weighted by molar-refractivity contribution is -0.116. The van der Waals surface area contributed by atoms with Gasteiger partial charge in [-0.25, -0.2) is 13.1 Å². The van der Waals surface area contributed by atoms with Gasteiger partial charge in [0.1, 0.15) is 0 Å². The van der Waals surface area contributed by atoms with Gasteiger partial charge in [-0.3, -0.25) is 9.48 Å². The fourth-order valence-corrected chi connectivity index (χ4v) is 3.70. The Labute approximate surface area is 148 Å². The number of rotatable bonds is 6. The van der Waals surface area contributed by atoms with Crippen molar-refractivity contribution in [2.24, 2.45) is 0 Å². The summed E-state index contributed by atoms with van der Waals surface area (Å²) in [4.78, 5) is 12.2. The minimum atomic E-state index is -3.64. The molecule has 0 fully saturated rings. The molecule has 0 saturated heterocycles. The highest BCUT2D eigenvalue weighted by Gasteiger charge is 2.22. The van der Waals surface area contributed by atoms with Crippen molar-refractivity contribution in [2.45, 2.75) is 51.1 Å². The van der Waals surface area contributed by atoms with Crippen LogP contribution in [0.25, 0.3) is 0 Å². The molecule has 0 aliphatic carbocycles. The summed E-state index contributed by atoms with van der Waals surface area (Å²) in [6.45, 7) is 7.71. The molecule has 0 spiro atoms. The number of hydrogen-bond acceptors (Lipinski definition) is 4. The highest BCUT2D eigenvalue weighted by molar-refractivity contribution is 7.89. The molecule has 0 saturated carbocycles. The number of anilines is 1. The second kappa shape index (κ2) is 7.37. The largest absolute Gasteiger partial charge is 0.326 e. The van der Waals surface area contributed by atoms with Crippen LogP contribution in [0.15, 0.2) is 41.6 Å². The lowest BCUT2D eigenvalue weighted by Gasteiger charge is -2.20. The maximum atomic E-state index is 12.4. The molecule has 2 aromatic rings. The first-order valence-corrected chi connectivity index (χ1v) is 9.46. The van der Waals surface area contributed by atoms with Crippen LogP contribution in [-0.4, -0.2) is 29.6 Å². The average molecular weight is 364 g/mol. The Kier molecular flexibility index (Phi) is 5.64. The van der Waals surface area contributed by atoms with E-state index in [4.69, 9.17) is 0 Å². The van der Waals surface area contributed by atoms with Gasteiger partial charge in [0, 0.05) is 30.4 Å². The SMILES string of the molecule is Cc1cnn(CCC(=O)Nc2cccc(S(=O)(=O)NC(C)(C)C)c2)c1. The Morgan fingerprint density at radius 3 is 2.60 bits per heavy atom. The van der Waals surface area contributed by atoms with E-state index in [0.717, 1.165) is 5.56 Å². The number of amides is 1. The molecule has 1 heterocycles. The number of benzene rings is 1. The Hall–Kier alpha value is -2.19. The third kappa shape index (κ3) is 5.99. The molecule has 0 radical (unpaired) electrons. The van der Waals surface area contributed by atoms with Gasteiger partial charge in [-0.1, -0.05) is 6.07 Å². The van der Waals surface area contributed by atoms with Gasteiger partial charge < -0.3 is 5.32 Å². The fraction of sp³-hybridized carbons (Fsp3) is 0.412. The molecule has 0 bridgehead atoms. The highest BCUT2D eigenvalue weighted by Crippen LogP contribution is 2.17. The van der Waals surface area contributed by atoms with E-state index in [9.17, 15) is 13.2 Å². The molecule has 0 aliphatic heterocycles. The van der Waals surface area contributed by atoms with Crippen molar-refractivity contribution in [3.05, 3.63) is 42.2 Å². The summed E-state index contributed by atoms with van der Waals surface area (Å²) in [5, 5.41) is 6.85. The quantitative estimate of drug-likeness (QED) is 0.822. The molecule has 2 N–H and O–H groups in total. The molecule has 8 heteroatoms. The molecule has 1 aromatic carbocycles. The molecule has 1 aromatic heterocycles. The Balaban J connectivity index is 2.02. The number of nitrogens with one attached hydrogen (secondary N) is 2. The van der Waals surface area contributed by atoms with Crippen molar-refractivity contribution in [2.75, 3.05) is 5.32 Å². The molecule has 0 aliphatic rings. The van der Waals surface area contributed by atoms with Gasteiger partial charge in [-0.05, 0) is 51.5 Å². The lowest BCUT2D eigenvalue weighted by atomic mass is 10.1. The van der Waals surface area contributed by atoms with Crippen molar-refractivity contribution in [3.63, 3.8) is 0 Å². The number of sulfonamides is 1. The van der Waals surface area contributed by atoms with Crippen LogP contribution in [0.1, 0.15) is 32.8 Å². The first-order chi connectivity index (χ1) is 11.5. The van der Waals surface area contributed by atoms with Crippen molar-refractivity contribution in [1.29, 1.82) is 0 Å². The predicted molar refractivity (Wildman–Crippen MR) is 96.7 cm³/mol. The van der Waals surface area contributed by atoms with Crippen molar-refractivity contribution < 1.29 is 13.2 Å². The van der Waals surface area contributed by atoms with Crippen LogP contribution in [0.5, 0.6) is 0 Å². The monoisotopic (exact) mass is 364 g/mol. The smallest absolute Gasteiger partial charge is 0.241 e. The zero-order valence-electron chi connectivity index (χ0n) is 14.9. The van der Waals surface area contributed by atoms with Gasteiger partial charge in [-0.2, -0.15) is 5.10 Å². The average Bonchev–Trinajstić information content (AvgIpc) is 2.89. The van der Waals surface area contributed by atoms with E-state index in [1.165, 1.54) is 12.1 Å². The van der Waals surface area contributed by atoms with Crippen LogP contribution < -0.4 is 10.0 Å². The van der Waals surface area contributed by atoms with Gasteiger partial charge in [0.15, 0.2) is 0 Å². The number of carbonyl (C=O) groups is 1. The van der Waals surface area contributed by atoms with Gasteiger partial charge in [-0.15, -0.1) is 0 Å². The van der Waals surface area contributed by atoms with E-state index >= 15 is 0 Å². The fourth-order valence-electron chi connectivity index (χ4n) is 2.23. The Morgan fingerprint density at radius 1 is 1.28 bits per heavy atom. The number of nitrogens with zero attached hydrogens (tertiary/aromatic N) is 2. The van der Waals surface area contributed by atoms with Gasteiger partial charge in [0.05, 0.1) is 11.1 Å². The summed E-state index contributed by atoms with van der Waals surface area (Å²) in [6.07, 6.45) is 3.84.